The second-order valence-electron chi connectivity index (χ2n) is 5.25. The first-order valence-electron chi connectivity index (χ1n) is 7.13. The van der Waals surface area contributed by atoms with Gasteiger partial charge in [0.25, 0.3) is 5.91 Å². The van der Waals surface area contributed by atoms with Gasteiger partial charge in [0.2, 0.25) is 0 Å². The van der Waals surface area contributed by atoms with Gasteiger partial charge in [-0.3, -0.25) is 4.79 Å². The lowest BCUT2D eigenvalue weighted by Crippen LogP contribution is -2.49. The monoisotopic (exact) mass is 358 g/mol. The number of aliphatic hydroxyl groups is 4. The SMILES string of the molecule is Cn1nnc2c(C(N)=O)ncn2c1=O.OC[C@H]1OC(O)C[C@@H](O)[C@@H]1O. The van der Waals surface area contributed by atoms with E-state index in [0.29, 0.717) is 0 Å². The summed E-state index contributed by atoms with van der Waals surface area (Å²) in [7, 11) is 1.44. The molecule has 3 rings (SSSR count). The normalized spacial score (nSPS) is 26.1. The zero-order valence-corrected chi connectivity index (χ0v) is 13.1. The fraction of sp³-hybridized carbons (Fsp3) is 0.583. The summed E-state index contributed by atoms with van der Waals surface area (Å²) in [5, 5.41) is 42.8. The second-order valence-corrected chi connectivity index (χ2v) is 5.25. The third-order valence-corrected chi connectivity index (χ3v) is 3.46. The van der Waals surface area contributed by atoms with Crippen LogP contribution in [0.25, 0.3) is 5.65 Å². The van der Waals surface area contributed by atoms with Crippen molar-refractivity contribution in [3.05, 3.63) is 22.5 Å². The first kappa shape index (κ1) is 18.9. The zero-order valence-electron chi connectivity index (χ0n) is 13.1. The maximum atomic E-state index is 11.4. The number of aromatic nitrogens is 5. The van der Waals surface area contributed by atoms with Gasteiger partial charge in [-0.2, -0.15) is 4.68 Å². The zero-order chi connectivity index (χ0) is 18.7. The molecule has 2 aromatic rings. The average Bonchev–Trinajstić information content (AvgIpc) is 3.00. The van der Waals surface area contributed by atoms with Gasteiger partial charge >= 0.3 is 5.69 Å². The van der Waals surface area contributed by atoms with Crippen molar-refractivity contribution in [1.82, 2.24) is 24.4 Å². The Morgan fingerprint density at radius 2 is 2.12 bits per heavy atom. The first-order valence-corrected chi connectivity index (χ1v) is 7.13. The minimum atomic E-state index is -1.11. The van der Waals surface area contributed by atoms with E-state index in [1.54, 1.807) is 0 Å². The van der Waals surface area contributed by atoms with Crippen LogP contribution in [0.5, 0.6) is 0 Å². The molecule has 1 aliphatic heterocycles. The first-order chi connectivity index (χ1) is 11.8. The van der Waals surface area contributed by atoms with E-state index >= 15 is 0 Å². The molecule has 1 fully saturated rings. The van der Waals surface area contributed by atoms with Gasteiger partial charge in [-0.1, -0.05) is 5.21 Å². The molecule has 1 aliphatic rings. The maximum Gasteiger partial charge on any atom is 0.352 e. The topological polar surface area (TPSA) is 198 Å². The number of amides is 1. The van der Waals surface area contributed by atoms with Crippen molar-refractivity contribution in [3.63, 3.8) is 0 Å². The molecule has 0 aliphatic carbocycles. The van der Waals surface area contributed by atoms with Gasteiger partial charge in [-0.25, -0.2) is 14.2 Å². The van der Waals surface area contributed by atoms with E-state index in [1.807, 2.05) is 0 Å². The number of nitrogens with zero attached hydrogens (tertiary/aromatic N) is 5. The summed E-state index contributed by atoms with van der Waals surface area (Å²) in [5.74, 6) is -0.741. The Kier molecular flexibility index (Phi) is 5.76. The van der Waals surface area contributed by atoms with Crippen LogP contribution < -0.4 is 11.4 Å². The van der Waals surface area contributed by atoms with Crippen molar-refractivity contribution in [1.29, 1.82) is 0 Å². The van der Waals surface area contributed by atoms with Crippen LogP contribution in [0.4, 0.5) is 0 Å². The molecule has 0 saturated carbocycles. The molecule has 4 atom stereocenters. The smallest absolute Gasteiger partial charge is 0.352 e. The van der Waals surface area contributed by atoms with Gasteiger partial charge in [0.05, 0.1) is 12.7 Å². The molecule has 0 bridgehead atoms. The molecule has 0 aromatic carbocycles. The van der Waals surface area contributed by atoms with Crippen molar-refractivity contribution in [2.75, 3.05) is 6.61 Å². The maximum absolute atomic E-state index is 11.4. The number of fused-ring (bicyclic) bond motifs is 1. The van der Waals surface area contributed by atoms with Crippen LogP contribution in [0, 0.1) is 0 Å². The van der Waals surface area contributed by atoms with Gasteiger partial charge in [0.15, 0.2) is 17.6 Å². The number of ether oxygens (including phenoxy) is 1. The van der Waals surface area contributed by atoms with Crippen LogP contribution >= 0.6 is 0 Å². The van der Waals surface area contributed by atoms with Crippen LogP contribution in [-0.4, -0.2) is 81.9 Å². The van der Waals surface area contributed by atoms with Gasteiger partial charge in [-0.05, 0) is 0 Å². The molecular weight excluding hydrogens is 340 g/mol. The molecule has 0 radical (unpaired) electrons. The molecule has 13 nitrogen and oxygen atoms in total. The third kappa shape index (κ3) is 3.97. The van der Waals surface area contributed by atoms with Crippen LogP contribution in [0.15, 0.2) is 11.1 Å². The quantitative estimate of drug-likeness (QED) is 0.350. The van der Waals surface area contributed by atoms with Crippen LogP contribution in [0.3, 0.4) is 0 Å². The summed E-state index contributed by atoms with van der Waals surface area (Å²) in [4.78, 5) is 25.9. The van der Waals surface area contributed by atoms with E-state index in [4.69, 9.17) is 30.9 Å². The van der Waals surface area contributed by atoms with E-state index in [2.05, 4.69) is 15.3 Å². The molecule has 1 unspecified atom stereocenters. The minimum absolute atomic E-state index is 0.0162. The highest BCUT2D eigenvalue weighted by molar-refractivity contribution is 5.96. The molecule has 1 saturated heterocycles. The van der Waals surface area contributed by atoms with Crippen LogP contribution in [-0.2, 0) is 11.8 Å². The van der Waals surface area contributed by atoms with Crippen molar-refractivity contribution >= 4 is 11.6 Å². The van der Waals surface area contributed by atoms with Crippen LogP contribution in [0.1, 0.15) is 16.9 Å². The molecule has 2 aromatic heterocycles. The number of primary amides is 1. The lowest BCUT2D eigenvalue weighted by Gasteiger charge is -2.33. The highest BCUT2D eigenvalue weighted by Gasteiger charge is 2.35. The summed E-state index contributed by atoms with van der Waals surface area (Å²) in [6, 6.07) is 0. The Balaban J connectivity index is 0.000000186. The lowest BCUT2D eigenvalue weighted by molar-refractivity contribution is -0.239. The molecular formula is C12H18N6O7. The molecule has 3 heterocycles. The Bertz CT molecular complexity index is 805. The van der Waals surface area contributed by atoms with Crippen LogP contribution in [0.2, 0.25) is 0 Å². The molecule has 13 heteroatoms. The minimum Gasteiger partial charge on any atom is -0.394 e. The van der Waals surface area contributed by atoms with E-state index < -0.39 is 42.8 Å². The van der Waals surface area contributed by atoms with Gasteiger partial charge in [-0.15, -0.1) is 5.10 Å². The van der Waals surface area contributed by atoms with E-state index in [0.717, 1.165) is 9.08 Å². The number of hydrogen-bond donors (Lipinski definition) is 5. The number of rotatable bonds is 2. The average molecular weight is 358 g/mol. The molecule has 138 valence electrons. The second kappa shape index (κ2) is 7.62. The van der Waals surface area contributed by atoms with Gasteiger partial charge in [0, 0.05) is 13.5 Å². The number of nitrogens with two attached hydrogens (primary N) is 1. The number of aryl methyl sites for hydroxylation is 1. The number of imidazole rings is 1. The number of aliphatic hydroxyl groups excluding tert-OH is 4. The Morgan fingerprint density at radius 1 is 1.44 bits per heavy atom. The number of hydrogen-bond acceptors (Lipinski definition) is 10. The fourth-order valence-electron chi connectivity index (χ4n) is 2.14. The Morgan fingerprint density at radius 3 is 2.72 bits per heavy atom. The largest absolute Gasteiger partial charge is 0.394 e. The standard InChI is InChI=1S/C6H6N6O2.C6H12O5/c1-11-6(14)12-2-8-3(4(7)13)5(12)9-10-11;7-2-4-6(10)3(8)1-5(9)11-4/h2H,1H3,(H2,7,13);3-10H,1-2H2/t;3-,4-,5?,6+/m.1/s1. The Hall–Kier alpha value is -2.45. The summed E-state index contributed by atoms with van der Waals surface area (Å²) in [5.41, 5.74) is 4.60. The van der Waals surface area contributed by atoms with Crippen molar-refractivity contribution in [3.8, 4) is 0 Å². The molecule has 0 spiro atoms. The van der Waals surface area contributed by atoms with E-state index in [1.165, 1.54) is 13.4 Å². The van der Waals surface area contributed by atoms with E-state index in [9.17, 15) is 9.59 Å². The summed E-state index contributed by atoms with van der Waals surface area (Å²) in [6.45, 7) is -0.407. The number of carbonyl (C=O) groups is 1. The van der Waals surface area contributed by atoms with Crippen molar-refractivity contribution in [2.24, 2.45) is 12.8 Å². The highest BCUT2D eigenvalue weighted by atomic mass is 16.6. The fourth-order valence-corrected chi connectivity index (χ4v) is 2.14. The predicted octanol–water partition coefficient (Wildman–Crippen LogP) is -4.27. The Labute approximate surface area is 139 Å². The summed E-state index contributed by atoms with van der Waals surface area (Å²) < 4.78 is 6.85. The van der Waals surface area contributed by atoms with E-state index in [-0.39, 0.29) is 17.8 Å². The number of carbonyl (C=O) groups excluding carboxylic acids is 1. The van der Waals surface area contributed by atoms with Crippen molar-refractivity contribution in [2.45, 2.75) is 31.0 Å². The summed E-state index contributed by atoms with van der Waals surface area (Å²) >= 11 is 0. The van der Waals surface area contributed by atoms with Gasteiger partial charge < -0.3 is 30.9 Å². The lowest BCUT2D eigenvalue weighted by atomic mass is 10.0. The summed E-state index contributed by atoms with van der Waals surface area (Å²) in [6.07, 6.45) is -2.93. The van der Waals surface area contributed by atoms with Crippen molar-refractivity contribution < 1.29 is 30.0 Å². The third-order valence-electron chi connectivity index (χ3n) is 3.46. The predicted molar refractivity (Wildman–Crippen MR) is 79.1 cm³/mol. The highest BCUT2D eigenvalue weighted by Crippen LogP contribution is 2.18. The molecule has 1 amide bonds. The van der Waals surface area contributed by atoms with Gasteiger partial charge in [0.1, 0.15) is 18.5 Å². The molecule has 25 heavy (non-hydrogen) atoms. The molecule has 6 N–H and O–H groups in total.